The quantitative estimate of drug-likeness (QED) is 0.776. The predicted molar refractivity (Wildman–Crippen MR) is 90.7 cm³/mol. The molecule has 7 nitrogen and oxygen atoms in total. The second-order valence-electron chi connectivity index (χ2n) is 6.76. The number of carboxylic acids is 1. The van der Waals surface area contributed by atoms with E-state index >= 15 is 0 Å². The van der Waals surface area contributed by atoms with Crippen molar-refractivity contribution >= 4 is 5.97 Å². The molecule has 3 rings (SSSR count). The summed E-state index contributed by atoms with van der Waals surface area (Å²) in [6.45, 7) is 0. The Labute approximate surface area is 146 Å². The normalized spacial score (nSPS) is 16.6. The number of carbonyl (C=O) groups is 1. The third-order valence-corrected chi connectivity index (χ3v) is 4.87. The van der Waals surface area contributed by atoms with E-state index in [4.69, 9.17) is 4.52 Å². The van der Waals surface area contributed by atoms with Gasteiger partial charge in [0.05, 0.1) is 6.42 Å². The molecule has 0 spiro atoms. The van der Waals surface area contributed by atoms with Crippen molar-refractivity contribution < 1.29 is 14.4 Å². The fraction of sp³-hybridized carbons (Fsp3) is 0.611. The molecule has 1 aliphatic rings. The predicted octanol–water partition coefficient (Wildman–Crippen LogP) is 3.84. The van der Waals surface area contributed by atoms with Crippen LogP contribution in [0.25, 0.3) is 11.6 Å². The van der Waals surface area contributed by atoms with E-state index in [0.29, 0.717) is 17.5 Å². The lowest BCUT2D eigenvalue weighted by atomic mass is 9.84. The van der Waals surface area contributed by atoms with Crippen LogP contribution in [0.5, 0.6) is 0 Å². The van der Waals surface area contributed by atoms with Gasteiger partial charge in [-0.05, 0) is 18.4 Å². The van der Waals surface area contributed by atoms with E-state index in [2.05, 4.69) is 20.1 Å². The molecule has 1 aliphatic carbocycles. The molecule has 25 heavy (non-hydrogen) atoms. The molecule has 1 N–H and O–H groups in total. The summed E-state index contributed by atoms with van der Waals surface area (Å²) in [5.74, 6) is 0.736. The van der Waals surface area contributed by atoms with E-state index < -0.39 is 5.97 Å². The van der Waals surface area contributed by atoms with Gasteiger partial charge in [-0.2, -0.15) is 4.98 Å². The summed E-state index contributed by atoms with van der Waals surface area (Å²) in [7, 11) is 0. The smallest absolute Gasteiger partial charge is 0.304 e. The first-order chi connectivity index (χ1) is 12.2. The monoisotopic (exact) mass is 344 g/mol. The minimum atomic E-state index is -0.849. The van der Waals surface area contributed by atoms with Crippen molar-refractivity contribution in [2.24, 2.45) is 5.92 Å². The number of rotatable bonds is 8. The average molecular weight is 344 g/mol. The summed E-state index contributed by atoms with van der Waals surface area (Å²) >= 11 is 0. The minimum Gasteiger partial charge on any atom is -0.481 e. The molecule has 2 aromatic heterocycles. The molecule has 134 valence electrons. The minimum absolute atomic E-state index is 0.00193. The van der Waals surface area contributed by atoms with Crippen molar-refractivity contribution in [2.45, 2.75) is 63.7 Å². The Morgan fingerprint density at radius 2 is 1.96 bits per heavy atom. The summed E-state index contributed by atoms with van der Waals surface area (Å²) in [5.41, 5.74) is 0. The summed E-state index contributed by atoms with van der Waals surface area (Å²) in [4.78, 5) is 23.7. The molecule has 0 saturated heterocycles. The molecule has 0 aromatic carbocycles. The standard InChI is InChI=1S/C18H24N4O3/c23-15(24)12-14(9-4-8-13-6-2-1-3-7-13)18-21-17(22-25-18)16-19-10-5-11-20-16/h5,10-11,13-14H,1-4,6-9,12H2,(H,23,24)/t14-/m0/s1. The van der Waals surface area contributed by atoms with Crippen molar-refractivity contribution in [3.8, 4) is 11.6 Å². The summed E-state index contributed by atoms with van der Waals surface area (Å²) in [6, 6.07) is 1.71. The number of hydrogen-bond acceptors (Lipinski definition) is 6. The highest BCUT2D eigenvalue weighted by molar-refractivity contribution is 5.67. The Morgan fingerprint density at radius 1 is 1.20 bits per heavy atom. The van der Waals surface area contributed by atoms with Crippen LogP contribution in [0.15, 0.2) is 23.0 Å². The van der Waals surface area contributed by atoms with Crippen LogP contribution in [-0.2, 0) is 4.79 Å². The lowest BCUT2D eigenvalue weighted by Crippen LogP contribution is -2.10. The summed E-state index contributed by atoms with van der Waals surface area (Å²) < 4.78 is 5.32. The molecule has 1 atom stereocenters. The molecule has 1 fully saturated rings. The number of carboxylic acid groups (broad SMARTS) is 1. The van der Waals surface area contributed by atoms with Crippen LogP contribution in [0.2, 0.25) is 0 Å². The molecule has 0 aliphatic heterocycles. The average Bonchev–Trinajstić information content (AvgIpc) is 3.12. The number of aromatic nitrogens is 4. The van der Waals surface area contributed by atoms with Gasteiger partial charge in [-0.15, -0.1) is 0 Å². The zero-order chi connectivity index (χ0) is 17.5. The fourth-order valence-corrected chi connectivity index (χ4v) is 3.56. The Balaban J connectivity index is 1.62. The Morgan fingerprint density at radius 3 is 2.68 bits per heavy atom. The SMILES string of the molecule is O=C(O)C[C@H](CCCC1CCCCC1)c1nc(-c2ncccn2)no1. The second kappa shape index (κ2) is 8.69. The van der Waals surface area contributed by atoms with Gasteiger partial charge in [0.1, 0.15) is 0 Å². The van der Waals surface area contributed by atoms with E-state index in [0.717, 1.165) is 25.2 Å². The van der Waals surface area contributed by atoms with Gasteiger partial charge in [-0.3, -0.25) is 4.79 Å². The number of aliphatic carboxylic acids is 1. The highest BCUT2D eigenvalue weighted by atomic mass is 16.5. The van der Waals surface area contributed by atoms with Crippen molar-refractivity contribution in [1.29, 1.82) is 0 Å². The molecule has 0 radical (unpaired) electrons. The van der Waals surface area contributed by atoms with Crippen LogP contribution in [0.1, 0.15) is 69.6 Å². The highest BCUT2D eigenvalue weighted by Gasteiger charge is 2.24. The van der Waals surface area contributed by atoms with Crippen LogP contribution in [0.4, 0.5) is 0 Å². The Kier molecular flexibility index (Phi) is 6.09. The van der Waals surface area contributed by atoms with Gasteiger partial charge >= 0.3 is 5.97 Å². The van der Waals surface area contributed by atoms with Crippen LogP contribution >= 0.6 is 0 Å². The molecule has 1 saturated carbocycles. The van der Waals surface area contributed by atoms with Crippen molar-refractivity contribution in [1.82, 2.24) is 20.1 Å². The zero-order valence-electron chi connectivity index (χ0n) is 14.3. The lowest BCUT2D eigenvalue weighted by molar-refractivity contribution is -0.137. The number of nitrogens with zero attached hydrogens (tertiary/aromatic N) is 4. The first-order valence-electron chi connectivity index (χ1n) is 9.05. The number of hydrogen-bond donors (Lipinski definition) is 1. The molecule has 0 bridgehead atoms. The van der Waals surface area contributed by atoms with Crippen LogP contribution in [0, 0.1) is 5.92 Å². The molecule has 0 amide bonds. The maximum Gasteiger partial charge on any atom is 0.304 e. The van der Waals surface area contributed by atoms with E-state index in [1.165, 1.54) is 32.1 Å². The van der Waals surface area contributed by atoms with Gasteiger partial charge in [0.2, 0.25) is 17.5 Å². The topological polar surface area (TPSA) is 102 Å². The lowest BCUT2D eigenvalue weighted by Gasteiger charge is -2.21. The third-order valence-electron chi connectivity index (χ3n) is 4.87. The van der Waals surface area contributed by atoms with Gasteiger partial charge in [0.15, 0.2) is 0 Å². The van der Waals surface area contributed by atoms with Crippen LogP contribution in [0.3, 0.4) is 0 Å². The zero-order valence-corrected chi connectivity index (χ0v) is 14.3. The Hall–Kier alpha value is -2.31. The van der Waals surface area contributed by atoms with E-state index in [1.54, 1.807) is 18.5 Å². The van der Waals surface area contributed by atoms with E-state index in [9.17, 15) is 9.90 Å². The second-order valence-corrected chi connectivity index (χ2v) is 6.76. The fourth-order valence-electron chi connectivity index (χ4n) is 3.56. The molecule has 2 aromatic rings. The van der Waals surface area contributed by atoms with E-state index in [-0.39, 0.29) is 12.3 Å². The van der Waals surface area contributed by atoms with E-state index in [1.807, 2.05) is 0 Å². The molecule has 7 heteroatoms. The van der Waals surface area contributed by atoms with Gasteiger partial charge in [0, 0.05) is 18.3 Å². The van der Waals surface area contributed by atoms with Crippen LogP contribution in [-0.4, -0.2) is 31.2 Å². The summed E-state index contributed by atoms with van der Waals surface area (Å²) in [5, 5.41) is 13.1. The molecule has 2 heterocycles. The third kappa shape index (κ3) is 5.08. The highest BCUT2D eigenvalue weighted by Crippen LogP contribution is 2.31. The first-order valence-corrected chi connectivity index (χ1v) is 9.05. The molecular weight excluding hydrogens is 320 g/mol. The van der Waals surface area contributed by atoms with Gasteiger partial charge in [-0.25, -0.2) is 9.97 Å². The first kappa shape index (κ1) is 17.5. The van der Waals surface area contributed by atoms with Gasteiger partial charge in [-0.1, -0.05) is 50.1 Å². The van der Waals surface area contributed by atoms with Gasteiger partial charge < -0.3 is 9.63 Å². The van der Waals surface area contributed by atoms with Crippen LogP contribution < -0.4 is 0 Å². The molecule has 0 unspecified atom stereocenters. The van der Waals surface area contributed by atoms with Crippen molar-refractivity contribution in [2.75, 3.05) is 0 Å². The van der Waals surface area contributed by atoms with Gasteiger partial charge in [0.25, 0.3) is 0 Å². The maximum absolute atomic E-state index is 11.2. The van der Waals surface area contributed by atoms with Crippen molar-refractivity contribution in [3.05, 3.63) is 24.4 Å². The maximum atomic E-state index is 11.2. The Bertz CT molecular complexity index is 668. The molecular formula is C18H24N4O3. The largest absolute Gasteiger partial charge is 0.481 e. The van der Waals surface area contributed by atoms with Crippen molar-refractivity contribution in [3.63, 3.8) is 0 Å². The summed E-state index contributed by atoms with van der Waals surface area (Å²) in [6.07, 6.45) is 12.7.